The highest BCUT2D eigenvalue weighted by Gasteiger charge is 2.18. The number of pyridine rings is 2. The van der Waals surface area contributed by atoms with Crippen LogP contribution in [0.15, 0.2) is 71.7 Å². The molecule has 128 valence electrons. The van der Waals surface area contributed by atoms with Crippen molar-refractivity contribution in [1.82, 2.24) is 9.97 Å². The fraction of sp³-hybridized carbons (Fsp3) is 0.0500. The Morgan fingerprint density at radius 3 is 2.38 bits per heavy atom. The number of benzene rings is 1. The lowest BCUT2D eigenvalue weighted by molar-refractivity contribution is 0.0998. The van der Waals surface area contributed by atoms with Crippen LogP contribution >= 0.6 is 0 Å². The third-order valence-corrected chi connectivity index (χ3v) is 4.02. The lowest BCUT2D eigenvalue weighted by Crippen LogP contribution is -2.10. The zero-order chi connectivity index (χ0) is 17.9. The molecule has 0 spiro atoms. The summed E-state index contributed by atoms with van der Waals surface area (Å²) in [6, 6.07) is 12.7. The maximum absolute atomic E-state index is 12.6. The van der Waals surface area contributed by atoms with Crippen LogP contribution in [-0.4, -0.2) is 23.0 Å². The fourth-order valence-electron chi connectivity index (χ4n) is 2.78. The summed E-state index contributed by atoms with van der Waals surface area (Å²) in [4.78, 5) is 20.5. The number of ether oxygens (including phenoxy) is 1. The third kappa shape index (κ3) is 2.88. The predicted octanol–water partition coefficient (Wildman–Crippen LogP) is 4.15. The molecule has 6 heteroatoms. The number of carbonyl (C=O) groups is 1. The van der Waals surface area contributed by atoms with Crippen molar-refractivity contribution in [1.29, 1.82) is 0 Å². The number of hydrogen-bond acceptors (Lipinski definition) is 5. The van der Waals surface area contributed by atoms with Crippen LogP contribution < -0.4 is 10.1 Å². The van der Waals surface area contributed by atoms with Crippen LogP contribution in [0.3, 0.4) is 0 Å². The molecule has 4 aromatic rings. The molecule has 0 bridgehead atoms. The van der Waals surface area contributed by atoms with Crippen molar-refractivity contribution in [2.24, 2.45) is 0 Å². The van der Waals surface area contributed by atoms with E-state index < -0.39 is 0 Å². The molecule has 0 aliphatic rings. The fourth-order valence-corrected chi connectivity index (χ4v) is 2.78. The van der Waals surface area contributed by atoms with Crippen molar-refractivity contribution in [3.63, 3.8) is 0 Å². The first-order chi connectivity index (χ1) is 12.8. The second-order valence-corrected chi connectivity index (χ2v) is 5.59. The van der Waals surface area contributed by atoms with Gasteiger partial charge in [-0.3, -0.25) is 14.8 Å². The van der Waals surface area contributed by atoms with Gasteiger partial charge < -0.3 is 14.5 Å². The number of methoxy groups -OCH3 is 1. The zero-order valence-corrected chi connectivity index (χ0v) is 14.0. The molecule has 0 fully saturated rings. The number of furan rings is 1. The summed E-state index contributed by atoms with van der Waals surface area (Å²) in [6.45, 7) is 0. The second kappa shape index (κ2) is 6.68. The van der Waals surface area contributed by atoms with Crippen molar-refractivity contribution in [3.8, 4) is 16.9 Å². The van der Waals surface area contributed by atoms with E-state index in [1.54, 1.807) is 50.1 Å². The number of aromatic nitrogens is 2. The Morgan fingerprint density at radius 2 is 1.69 bits per heavy atom. The lowest BCUT2D eigenvalue weighted by atomic mass is 10.0. The molecule has 0 aliphatic carbocycles. The molecule has 0 unspecified atom stereocenters. The van der Waals surface area contributed by atoms with Crippen molar-refractivity contribution in [2.75, 3.05) is 12.4 Å². The van der Waals surface area contributed by atoms with Crippen molar-refractivity contribution in [2.45, 2.75) is 0 Å². The van der Waals surface area contributed by atoms with Gasteiger partial charge in [-0.05, 0) is 53.6 Å². The lowest BCUT2D eigenvalue weighted by Gasteiger charge is -2.05. The van der Waals surface area contributed by atoms with Gasteiger partial charge in [0, 0.05) is 35.9 Å². The molecule has 0 saturated heterocycles. The first kappa shape index (κ1) is 15.8. The summed E-state index contributed by atoms with van der Waals surface area (Å²) in [5.41, 5.74) is 3.10. The van der Waals surface area contributed by atoms with Gasteiger partial charge in [0.05, 0.1) is 7.11 Å². The normalized spacial score (nSPS) is 10.7. The number of fused-ring (bicyclic) bond motifs is 1. The van der Waals surface area contributed by atoms with E-state index in [0.29, 0.717) is 17.0 Å². The largest absolute Gasteiger partial charge is 0.493 e. The van der Waals surface area contributed by atoms with E-state index in [4.69, 9.17) is 9.15 Å². The van der Waals surface area contributed by atoms with E-state index in [1.807, 2.05) is 24.3 Å². The molecule has 4 rings (SSSR count). The van der Waals surface area contributed by atoms with Crippen molar-refractivity contribution >= 4 is 22.6 Å². The minimum Gasteiger partial charge on any atom is -0.493 e. The van der Waals surface area contributed by atoms with Gasteiger partial charge in [-0.15, -0.1) is 0 Å². The Labute approximate surface area is 149 Å². The predicted molar refractivity (Wildman–Crippen MR) is 98.2 cm³/mol. The second-order valence-electron chi connectivity index (χ2n) is 5.59. The van der Waals surface area contributed by atoms with Crippen LogP contribution in [0.4, 0.5) is 5.69 Å². The third-order valence-electron chi connectivity index (χ3n) is 4.02. The number of hydrogen-bond donors (Lipinski definition) is 1. The van der Waals surface area contributed by atoms with Crippen LogP contribution in [0.5, 0.6) is 5.75 Å². The van der Waals surface area contributed by atoms with E-state index in [1.165, 1.54) is 0 Å². The first-order valence-electron chi connectivity index (χ1n) is 7.98. The molecule has 0 saturated carbocycles. The van der Waals surface area contributed by atoms with Gasteiger partial charge in [0.15, 0.2) is 17.1 Å². The van der Waals surface area contributed by atoms with Gasteiger partial charge in [-0.25, -0.2) is 0 Å². The van der Waals surface area contributed by atoms with E-state index in [-0.39, 0.29) is 11.7 Å². The first-order valence-corrected chi connectivity index (χ1v) is 7.98. The molecule has 1 aromatic carbocycles. The van der Waals surface area contributed by atoms with Gasteiger partial charge in [0.1, 0.15) is 0 Å². The highest BCUT2D eigenvalue weighted by Crippen LogP contribution is 2.36. The maximum atomic E-state index is 12.6. The van der Waals surface area contributed by atoms with Crippen LogP contribution in [-0.2, 0) is 0 Å². The van der Waals surface area contributed by atoms with Gasteiger partial charge >= 0.3 is 0 Å². The Balaban J connectivity index is 1.79. The van der Waals surface area contributed by atoms with Crippen LogP contribution in [0.25, 0.3) is 22.1 Å². The summed E-state index contributed by atoms with van der Waals surface area (Å²) in [7, 11) is 1.57. The number of rotatable bonds is 4. The summed E-state index contributed by atoms with van der Waals surface area (Å²) >= 11 is 0. The highest BCUT2D eigenvalue weighted by molar-refractivity contribution is 6.07. The highest BCUT2D eigenvalue weighted by atomic mass is 16.5. The van der Waals surface area contributed by atoms with E-state index in [0.717, 1.165) is 16.5 Å². The Kier molecular flexibility index (Phi) is 4.07. The molecule has 6 nitrogen and oxygen atoms in total. The van der Waals surface area contributed by atoms with Crippen molar-refractivity contribution < 1.29 is 13.9 Å². The average Bonchev–Trinajstić information content (AvgIpc) is 3.14. The number of amides is 1. The number of carbonyl (C=O) groups excluding carboxylic acids is 1. The monoisotopic (exact) mass is 345 g/mol. The molecule has 0 aliphatic heterocycles. The zero-order valence-electron chi connectivity index (χ0n) is 14.0. The molecule has 1 amide bonds. The number of nitrogens with one attached hydrogen (secondary N) is 1. The van der Waals surface area contributed by atoms with E-state index in [2.05, 4.69) is 15.3 Å². The molecular weight excluding hydrogens is 330 g/mol. The molecular formula is C20H15N3O3. The smallest absolute Gasteiger partial charge is 0.291 e. The maximum Gasteiger partial charge on any atom is 0.291 e. The van der Waals surface area contributed by atoms with Gasteiger partial charge in [-0.2, -0.15) is 0 Å². The van der Waals surface area contributed by atoms with Gasteiger partial charge in [0.25, 0.3) is 5.91 Å². The molecule has 0 atom stereocenters. The SMILES string of the molecule is COc1ccc(-c2ccncc2)c2cc(C(=O)Nc3ccncc3)oc12. The summed E-state index contributed by atoms with van der Waals surface area (Å²) in [5, 5.41) is 3.59. The summed E-state index contributed by atoms with van der Waals surface area (Å²) in [5.74, 6) is 0.438. The van der Waals surface area contributed by atoms with Gasteiger partial charge in [-0.1, -0.05) is 0 Å². The van der Waals surface area contributed by atoms with E-state index in [9.17, 15) is 4.79 Å². The van der Waals surface area contributed by atoms with E-state index >= 15 is 0 Å². The molecule has 1 N–H and O–H groups in total. The van der Waals surface area contributed by atoms with Crippen LogP contribution in [0.2, 0.25) is 0 Å². The topological polar surface area (TPSA) is 77.2 Å². The standard InChI is InChI=1S/C20H15N3O3/c1-25-17-3-2-15(13-4-8-21-9-5-13)16-12-18(26-19(16)17)20(24)23-14-6-10-22-11-7-14/h2-12H,1H3,(H,22,23,24). The van der Waals surface area contributed by atoms with Gasteiger partial charge in [0.2, 0.25) is 0 Å². The average molecular weight is 345 g/mol. The molecule has 26 heavy (non-hydrogen) atoms. The van der Waals surface area contributed by atoms with Crippen molar-refractivity contribution in [3.05, 3.63) is 73.0 Å². The van der Waals surface area contributed by atoms with Crippen LogP contribution in [0, 0.1) is 0 Å². The molecule has 3 heterocycles. The summed E-state index contributed by atoms with van der Waals surface area (Å²) < 4.78 is 11.2. The molecule has 0 radical (unpaired) electrons. The Hall–Kier alpha value is -3.67. The van der Waals surface area contributed by atoms with Crippen LogP contribution in [0.1, 0.15) is 10.6 Å². The number of anilines is 1. The minimum atomic E-state index is -0.338. The Morgan fingerprint density at radius 1 is 1.00 bits per heavy atom. The number of nitrogens with zero attached hydrogens (tertiary/aromatic N) is 2. The Bertz CT molecular complexity index is 1060. The summed E-state index contributed by atoms with van der Waals surface area (Å²) in [6.07, 6.45) is 6.67. The minimum absolute atomic E-state index is 0.205. The quantitative estimate of drug-likeness (QED) is 0.601. The molecule has 3 aromatic heterocycles.